The molecule has 10 nitrogen and oxygen atoms in total. The molecular formula is C26H32N6O4S2Si. The van der Waals surface area contributed by atoms with Crippen molar-refractivity contribution in [3.05, 3.63) is 35.7 Å². The number of rotatable bonds is 9. The molecule has 39 heavy (non-hydrogen) atoms. The maximum absolute atomic E-state index is 12.8. The van der Waals surface area contributed by atoms with Gasteiger partial charge in [-0.15, -0.1) is 22.0 Å². The zero-order chi connectivity index (χ0) is 28.4. The molecule has 1 amide bonds. The lowest BCUT2D eigenvalue weighted by Crippen LogP contribution is -2.22. The molecule has 13 heteroatoms. The summed E-state index contributed by atoms with van der Waals surface area (Å²) in [6.45, 7) is 9.60. The normalized spacial score (nSPS) is 13.5. The Morgan fingerprint density at radius 1 is 1.21 bits per heavy atom. The molecule has 0 atom stereocenters. The van der Waals surface area contributed by atoms with Crippen LogP contribution in [0.25, 0.3) is 10.7 Å². The molecule has 1 fully saturated rings. The van der Waals surface area contributed by atoms with E-state index in [4.69, 9.17) is 4.98 Å². The molecule has 0 bridgehead atoms. The number of nitrogens with one attached hydrogen (secondary N) is 2. The van der Waals surface area contributed by atoms with Crippen molar-refractivity contribution in [3.8, 4) is 22.2 Å². The Morgan fingerprint density at radius 3 is 2.59 bits per heavy atom. The molecule has 3 aromatic rings. The number of carbonyl (C=O) groups excluding carboxylic acids is 2. The highest BCUT2D eigenvalue weighted by Gasteiger charge is 2.29. The molecule has 0 saturated heterocycles. The quantitative estimate of drug-likeness (QED) is 0.217. The predicted octanol–water partition coefficient (Wildman–Crippen LogP) is 4.21. The summed E-state index contributed by atoms with van der Waals surface area (Å²) < 4.78 is 27.3. The highest BCUT2D eigenvalue weighted by Crippen LogP contribution is 2.41. The molecule has 1 aliphatic carbocycles. The molecule has 0 aromatic carbocycles. The monoisotopic (exact) mass is 584 g/mol. The number of hydrogen-bond acceptors (Lipinski definition) is 9. The summed E-state index contributed by atoms with van der Waals surface area (Å²) in [6.07, 6.45) is 4.00. The third kappa shape index (κ3) is 7.62. The van der Waals surface area contributed by atoms with E-state index in [2.05, 4.69) is 51.8 Å². The molecule has 1 saturated carbocycles. The largest absolute Gasteiger partial charge is 0.356 e. The molecule has 3 heterocycles. The SMILES string of the molecule is CC(=O)NCCCS(=O)(=O)c1ccc(-c2ncc(C#C[Si](C)(C)C)c(Nc3cc(C4CC4)n(C(C)=O)n3)n2)s1. The van der Waals surface area contributed by atoms with Crippen molar-refractivity contribution in [2.75, 3.05) is 17.6 Å². The molecule has 0 unspecified atom stereocenters. The molecule has 206 valence electrons. The van der Waals surface area contributed by atoms with Gasteiger partial charge in [0.2, 0.25) is 11.8 Å². The van der Waals surface area contributed by atoms with Crippen LogP contribution in [-0.4, -0.2) is 60.4 Å². The van der Waals surface area contributed by atoms with E-state index in [0.717, 1.165) is 29.9 Å². The van der Waals surface area contributed by atoms with Gasteiger partial charge in [-0.2, -0.15) is 0 Å². The van der Waals surface area contributed by atoms with E-state index in [9.17, 15) is 18.0 Å². The molecule has 0 spiro atoms. The zero-order valence-electron chi connectivity index (χ0n) is 22.7. The van der Waals surface area contributed by atoms with E-state index in [-0.39, 0.29) is 21.8 Å². The molecule has 0 aliphatic heterocycles. The van der Waals surface area contributed by atoms with Gasteiger partial charge in [-0.25, -0.2) is 23.1 Å². The molecular weight excluding hydrogens is 553 g/mol. The Kier molecular flexibility index (Phi) is 8.39. The lowest BCUT2D eigenvalue weighted by atomic mass is 10.3. The number of amides is 1. The van der Waals surface area contributed by atoms with E-state index in [1.165, 1.54) is 18.5 Å². The molecule has 4 rings (SSSR count). The first kappa shape index (κ1) is 28.7. The van der Waals surface area contributed by atoms with Crippen molar-refractivity contribution < 1.29 is 18.0 Å². The van der Waals surface area contributed by atoms with Gasteiger partial charge in [0.05, 0.1) is 21.9 Å². The molecule has 2 N–H and O–H groups in total. The van der Waals surface area contributed by atoms with Gasteiger partial charge < -0.3 is 10.6 Å². The summed E-state index contributed by atoms with van der Waals surface area (Å²) >= 11 is 1.10. The van der Waals surface area contributed by atoms with Crippen LogP contribution in [0.1, 0.15) is 55.1 Å². The number of thiophene rings is 1. The minimum absolute atomic E-state index is 0.0751. The molecule has 0 radical (unpaired) electrons. The van der Waals surface area contributed by atoms with Crippen LogP contribution in [0.15, 0.2) is 28.6 Å². The predicted molar refractivity (Wildman–Crippen MR) is 155 cm³/mol. The first-order valence-electron chi connectivity index (χ1n) is 12.7. The van der Waals surface area contributed by atoms with Crippen LogP contribution in [0.2, 0.25) is 19.6 Å². The van der Waals surface area contributed by atoms with Crippen molar-refractivity contribution >= 4 is 52.7 Å². The van der Waals surface area contributed by atoms with E-state index < -0.39 is 17.9 Å². The Morgan fingerprint density at radius 2 is 1.95 bits per heavy atom. The van der Waals surface area contributed by atoms with E-state index in [1.54, 1.807) is 18.3 Å². The lowest BCUT2D eigenvalue weighted by Gasteiger charge is -2.08. The Bertz CT molecular complexity index is 1570. The van der Waals surface area contributed by atoms with Gasteiger partial charge in [-0.1, -0.05) is 25.6 Å². The number of sulfone groups is 1. The maximum Gasteiger partial charge on any atom is 0.244 e. The number of nitrogens with zero attached hydrogens (tertiary/aromatic N) is 4. The third-order valence-corrected chi connectivity index (χ3v) is 10.0. The van der Waals surface area contributed by atoms with Crippen LogP contribution in [0.3, 0.4) is 0 Å². The Hall–Kier alpha value is -3.34. The van der Waals surface area contributed by atoms with E-state index in [0.29, 0.717) is 46.8 Å². The van der Waals surface area contributed by atoms with Crippen molar-refractivity contribution in [1.29, 1.82) is 0 Å². The highest BCUT2D eigenvalue weighted by molar-refractivity contribution is 7.93. The van der Waals surface area contributed by atoms with Gasteiger partial charge in [0, 0.05) is 38.6 Å². The van der Waals surface area contributed by atoms with Crippen LogP contribution in [0.4, 0.5) is 11.6 Å². The summed E-state index contributed by atoms with van der Waals surface area (Å²) in [4.78, 5) is 32.9. The number of hydrogen-bond donors (Lipinski definition) is 2. The third-order valence-electron chi connectivity index (χ3n) is 5.71. The summed E-state index contributed by atoms with van der Waals surface area (Å²) in [5, 5.41) is 10.3. The first-order chi connectivity index (χ1) is 18.3. The first-order valence-corrected chi connectivity index (χ1v) is 18.6. The second kappa shape index (κ2) is 11.4. The van der Waals surface area contributed by atoms with Crippen molar-refractivity contribution in [1.82, 2.24) is 25.1 Å². The van der Waals surface area contributed by atoms with Crippen molar-refractivity contribution in [2.45, 2.75) is 62.9 Å². The Labute approximate surface area is 233 Å². The Balaban J connectivity index is 1.64. The summed E-state index contributed by atoms with van der Waals surface area (Å²) in [6, 6.07) is 5.11. The van der Waals surface area contributed by atoms with Crippen molar-refractivity contribution in [3.63, 3.8) is 0 Å². The number of anilines is 2. The summed E-state index contributed by atoms with van der Waals surface area (Å²) in [5.74, 6) is 4.38. The number of carbonyl (C=O) groups is 2. The summed E-state index contributed by atoms with van der Waals surface area (Å²) in [7, 11) is -5.21. The van der Waals surface area contributed by atoms with Gasteiger partial charge in [-0.05, 0) is 31.4 Å². The fraction of sp³-hybridized carbons (Fsp3) is 0.423. The van der Waals surface area contributed by atoms with Crippen LogP contribution >= 0.6 is 11.3 Å². The van der Waals surface area contributed by atoms with Crippen LogP contribution in [0.5, 0.6) is 0 Å². The van der Waals surface area contributed by atoms with E-state index in [1.807, 2.05) is 6.07 Å². The van der Waals surface area contributed by atoms with Crippen molar-refractivity contribution in [2.24, 2.45) is 0 Å². The van der Waals surface area contributed by atoms with Gasteiger partial charge in [0.25, 0.3) is 0 Å². The van der Waals surface area contributed by atoms with Gasteiger partial charge >= 0.3 is 0 Å². The smallest absolute Gasteiger partial charge is 0.244 e. The van der Waals surface area contributed by atoms with Gasteiger partial charge in [-0.3, -0.25) is 9.59 Å². The average Bonchev–Trinajstić information content (AvgIpc) is 3.40. The molecule has 3 aromatic heterocycles. The van der Waals surface area contributed by atoms with Crippen LogP contribution < -0.4 is 10.6 Å². The van der Waals surface area contributed by atoms with Gasteiger partial charge in [0.15, 0.2) is 27.3 Å². The van der Waals surface area contributed by atoms with Crippen LogP contribution in [0, 0.1) is 11.5 Å². The minimum Gasteiger partial charge on any atom is -0.356 e. The maximum atomic E-state index is 12.8. The van der Waals surface area contributed by atoms with Crippen LogP contribution in [-0.2, 0) is 14.6 Å². The average molecular weight is 585 g/mol. The minimum atomic E-state index is -3.52. The number of aromatic nitrogens is 4. The second-order valence-electron chi connectivity index (χ2n) is 10.5. The zero-order valence-corrected chi connectivity index (χ0v) is 25.3. The summed E-state index contributed by atoms with van der Waals surface area (Å²) in [5.41, 5.74) is 4.80. The standard InChI is InChI=1S/C26H32N6O4S2Si/c1-17(33)27-12-6-13-38(35,36)24-10-9-22(37-24)26-28-16-20(11-14-39(3,4)5)25(30-26)29-23-15-21(19-7-8-19)32(31-23)18(2)34/h9-10,15-16,19H,6-8,12-13H2,1-5H3,(H,27,33)(H,28,29,30,31). The molecule has 1 aliphatic rings. The topological polar surface area (TPSA) is 136 Å². The fourth-order valence-corrected chi connectivity index (χ4v) is 6.89. The fourth-order valence-electron chi connectivity index (χ4n) is 3.68. The lowest BCUT2D eigenvalue weighted by molar-refractivity contribution is -0.118. The highest BCUT2D eigenvalue weighted by atomic mass is 32.2. The second-order valence-corrected chi connectivity index (χ2v) is 18.7. The van der Waals surface area contributed by atoms with Gasteiger partial charge in [0.1, 0.15) is 12.3 Å². The van der Waals surface area contributed by atoms with E-state index >= 15 is 0 Å².